The minimum absolute atomic E-state index is 0.0183. The van der Waals surface area contributed by atoms with Crippen LogP contribution in [0.25, 0.3) is 0 Å². The Morgan fingerprint density at radius 2 is 1.71 bits per heavy atom. The molecule has 7 heteroatoms. The number of hydrogen-bond acceptors (Lipinski definition) is 5. The van der Waals surface area contributed by atoms with E-state index in [1.165, 1.54) is 0 Å². The molecule has 2 aliphatic heterocycles. The molecule has 0 aliphatic carbocycles. The number of carbonyl (C=O) groups excluding carboxylic acids is 2. The molecule has 0 saturated carbocycles. The van der Waals surface area contributed by atoms with E-state index in [-0.39, 0.29) is 17.9 Å². The molecule has 2 aliphatic rings. The Morgan fingerprint density at radius 1 is 1.03 bits per heavy atom. The zero-order chi connectivity index (χ0) is 24.9. The number of hydrogen-bond donors (Lipinski definition) is 1. The molecule has 0 saturated heterocycles. The number of likely N-dealkylation sites (N-methyl/N-ethyl adjacent to an activating group) is 1. The highest BCUT2D eigenvalue weighted by Gasteiger charge is 2.46. The molecular weight excluding hydrogens is 442 g/mol. The number of amides is 2. The number of nitrogens with zero attached hydrogens (tertiary/aromatic N) is 2. The lowest BCUT2D eigenvalue weighted by Gasteiger charge is -2.45. The van der Waals surface area contributed by atoms with E-state index in [1.54, 1.807) is 0 Å². The lowest BCUT2D eigenvalue weighted by Crippen LogP contribution is -2.50. The Morgan fingerprint density at radius 3 is 2.40 bits per heavy atom. The second-order valence-corrected chi connectivity index (χ2v) is 8.94. The summed E-state index contributed by atoms with van der Waals surface area (Å²) >= 11 is 0. The fraction of sp³-hybridized carbons (Fsp3) is 0.500. The summed E-state index contributed by atoms with van der Waals surface area (Å²) in [5.41, 5.74) is 3.48. The number of fused-ring (bicyclic) bond motifs is 4. The molecule has 0 radical (unpaired) electrons. The molecule has 0 aromatic heterocycles. The van der Waals surface area contributed by atoms with Gasteiger partial charge in [-0.2, -0.15) is 0 Å². The first-order valence-corrected chi connectivity index (χ1v) is 12.9. The van der Waals surface area contributed by atoms with E-state index in [1.807, 2.05) is 55.1 Å². The number of benzene rings is 2. The van der Waals surface area contributed by atoms with Gasteiger partial charge in [0.2, 0.25) is 5.91 Å². The van der Waals surface area contributed by atoms with Crippen molar-refractivity contribution in [3.05, 3.63) is 58.7 Å². The Labute approximate surface area is 208 Å². The fourth-order valence-electron chi connectivity index (χ4n) is 5.34. The molecule has 0 bridgehead atoms. The lowest BCUT2D eigenvalue weighted by molar-refractivity contribution is -0.124. The van der Waals surface area contributed by atoms with Crippen molar-refractivity contribution >= 4 is 11.8 Å². The Hall–Kier alpha value is -3.06. The monoisotopic (exact) mass is 479 g/mol. The first kappa shape index (κ1) is 25.0. The first-order chi connectivity index (χ1) is 17.0. The second-order valence-electron chi connectivity index (χ2n) is 8.94. The van der Waals surface area contributed by atoms with Gasteiger partial charge in [-0.15, -0.1) is 0 Å². The predicted octanol–water partition coefficient (Wildman–Crippen LogP) is 3.78. The summed E-state index contributed by atoms with van der Waals surface area (Å²) in [6.45, 7) is 13.0. The maximum absolute atomic E-state index is 13.7. The SMILES string of the molecule is CCOc1cc2c(cc1OCC)[C@H]1[C@@H](C(=O)NCCN(CC)CC)c3ccccc3C(=O)N1CC2. The quantitative estimate of drug-likeness (QED) is 0.562. The average Bonchev–Trinajstić information content (AvgIpc) is 2.87. The summed E-state index contributed by atoms with van der Waals surface area (Å²) in [6, 6.07) is 11.2. The number of nitrogens with one attached hydrogen (secondary N) is 1. The van der Waals surface area contributed by atoms with E-state index >= 15 is 0 Å². The molecule has 2 aromatic rings. The molecule has 2 amide bonds. The van der Waals surface area contributed by atoms with Gasteiger partial charge in [-0.05, 0) is 68.2 Å². The van der Waals surface area contributed by atoms with Crippen molar-refractivity contribution in [2.24, 2.45) is 0 Å². The van der Waals surface area contributed by atoms with Gasteiger partial charge in [0.25, 0.3) is 5.91 Å². The molecule has 0 fully saturated rings. The zero-order valence-electron chi connectivity index (χ0n) is 21.3. The lowest BCUT2D eigenvalue weighted by atomic mass is 9.75. The van der Waals surface area contributed by atoms with Crippen molar-refractivity contribution in [2.75, 3.05) is 45.9 Å². The van der Waals surface area contributed by atoms with Gasteiger partial charge < -0.3 is 24.6 Å². The van der Waals surface area contributed by atoms with E-state index < -0.39 is 5.92 Å². The van der Waals surface area contributed by atoms with E-state index in [0.29, 0.717) is 49.8 Å². The summed E-state index contributed by atoms with van der Waals surface area (Å²) in [5.74, 6) is 0.806. The summed E-state index contributed by atoms with van der Waals surface area (Å²) < 4.78 is 11.8. The molecule has 2 heterocycles. The third kappa shape index (κ3) is 4.87. The molecule has 4 rings (SSSR count). The topological polar surface area (TPSA) is 71.1 Å². The summed E-state index contributed by atoms with van der Waals surface area (Å²) in [4.78, 5) is 31.4. The Bertz CT molecular complexity index is 1070. The Balaban J connectivity index is 1.75. The minimum Gasteiger partial charge on any atom is -0.490 e. The largest absolute Gasteiger partial charge is 0.490 e. The number of ether oxygens (including phenoxy) is 2. The van der Waals surface area contributed by atoms with Gasteiger partial charge >= 0.3 is 0 Å². The van der Waals surface area contributed by atoms with Crippen LogP contribution in [-0.2, 0) is 11.2 Å². The van der Waals surface area contributed by atoms with Crippen molar-refractivity contribution in [3.8, 4) is 11.5 Å². The second kappa shape index (κ2) is 11.1. The van der Waals surface area contributed by atoms with Gasteiger partial charge in [0.1, 0.15) is 0 Å². The van der Waals surface area contributed by atoms with Crippen LogP contribution in [0, 0.1) is 0 Å². The molecule has 7 nitrogen and oxygen atoms in total. The highest BCUT2D eigenvalue weighted by molar-refractivity contribution is 6.01. The van der Waals surface area contributed by atoms with Crippen LogP contribution >= 0.6 is 0 Å². The van der Waals surface area contributed by atoms with Crippen LogP contribution in [0.3, 0.4) is 0 Å². The van der Waals surface area contributed by atoms with Crippen LogP contribution in [0.4, 0.5) is 0 Å². The maximum atomic E-state index is 13.7. The van der Waals surface area contributed by atoms with Gasteiger partial charge in [0.15, 0.2) is 11.5 Å². The van der Waals surface area contributed by atoms with Crippen molar-refractivity contribution in [2.45, 2.75) is 46.1 Å². The van der Waals surface area contributed by atoms with Gasteiger partial charge in [-0.1, -0.05) is 32.0 Å². The van der Waals surface area contributed by atoms with Crippen molar-refractivity contribution in [3.63, 3.8) is 0 Å². The van der Waals surface area contributed by atoms with Crippen LogP contribution in [0.5, 0.6) is 11.5 Å². The minimum atomic E-state index is -0.493. The standard InChI is InChI=1S/C28H37N3O4/c1-5-30(6-2)16-14-29-27(32)25-20-11-9-10-12-21(20)28(33)31-15-13-19-17-23(34-7-3)24(35-8-4)18-22(19)26(25)31/h9-12,17-18,25-26H,5-8,13-16H2,1-4H3,(H,29,32)/t25-,26-/m0/s1. The summed E-state index contributed by atoms with van der Waals surface area (Å²) in [5, 5.41) is 3.17. The van der Waals surface area contributed by atoms with E-state index in [0.717, 1.165) is 36.3 Å². The van der Waals surface area contributed by atoms with E-state index in [4.69, 9.17) is 9.47 Å². The van der Waals surface area contributed by atoms with Gasteiger partial charge in [-0.25, -0.2) is 0 Å². The van der Waals surface area contributed by atoms with Gasteiger partial charge in [0.05, 0.1) is 25.2 Å². The third-order valence-corrected chi connectivity index (χ3v) is 7.09. The molecule has 0 unspecified atom stereocenters. The summed E-state index contributed by atoms with van der Waals surface area (Å²) in [7, 11) is 0. The molecule has 188 valence electrons. The predicted molar refractivity (Wildman–Crippen MR) is 136 cm³/mol. The van der Waals surface area contributed by atoms with Crippen molar-refractivity contribution in [1.82, 2.24) is 15.1 Å². The molecule has 35 heavy (non-hydrogen) atoms. The first-order valence-electron chi connectivity index (χ1n) is 12.9. The third-order valence-electron chi connectivity index (χ3n) is 7.09. The van der Waals surface area contributed by atoms with Crippen LogP contribution in [0.2, 0.25) is 0 Å². The van der Waals surface area contributed by atoms with Crippen LogP contribution in [-0.4, -0.2) is 67.6 Å². The average molecular weight is 480 g/mol. The van der Waals surface area contributed by atoms with E-state index in [2.05, 4.69) is 24.1 Å². The molecule has 0 spiro atoms. The molecule has 1 N–H and O–H groups in total. The molecule has 2 aromatic carbocycles. The normalized spacial score (nSPS) is 18.5. The molecular formula is C28H37N3O4. The maximum Gasteiger partial charge on any atom is 0.254 e. The Kier molecular flexibility index (Phi) is 7.96. The zero-order valence-corrected chi connectivity index (χ0v) is 21.3. The highest BCUT2D eigenvalue weighted by Crippen LogP contribution is 2.48. The highest BCUT2D eigenvalue weighted by atomic mass is 16.5. The van der Waals surface area contributed by atoms with Crippen molar-refractivity contribution < 1.29 is 19.1 Å². The van der Waals surface area contributed by atoms with Gasteiger partial charge in [-0.3, -0.25) is 9.59 Å². The summed E-state index contributed by atoms with van der Waals surface area (Å²) in [6.07, 6.45) is 0.711. The smallest absolute Gasteiger partial charge is 0.254 e. The number of rotatable bonds is 10. The van der Waals surface area contributed by atoms with E-state index in [9.17, 15) is 9.59 Å². The number of carbonyl (C=O) groups is 2. The molecule has 2 atom stereocenters. The van der Waals surface area contributed by atoms with Crippen molar-refractivity contribution in [1.29, 1.82) is 0 Å². The van der Waals surface area contributed by atoms with Crippen LogP contribution in [0.15, 0.2) is 36.4 Å². The van der Waals surface area contributed by atoms with Crippen LogP contribution in [0.1, 0.15) is 66.7 Å². The fourth-order valence-corrected chi connectivity index (χ4v) is 5.34. The van der Waals surface area contributed by atoms with Gasteiger partial charge in [0, 0.05) is 25.2 Å². The van der Waals surface area contributed by atoms with Crippen LogP contribution < -0.4 is 14.8 Å².